The maximum Gasteiger partial charge on any atom is 0.271 e. The van der Waals surface area contributed by atoms with Crippen molar-refractivity contribution in [3.63, 3.8) is 0 Å². The van der Waals surface area contributed by atoms with E-state index in [1.807, 2.05) is 17.5 Å². The van der Waals surface area contributed by atoms with Gasteiger partial charge in [0.05, 0.1) is 0 Å². The Balaban J connectivity index is 2.06. The van der Waals surface area contributed by atoms with Crippen LogP contribution in [-0.2, 0) is 6.42 Å². The van der Waals surface area contributed by atoms with Gasteiger partial charge in [-0.05, 0) is 17.5 Å². The van der Waals surface area contributed by atoms with Gasteiger partial charge in [-0.1, -0.05) is 12.1 Å². The van der Waals surface area contributed by atoms with Gasteiger partial charge in [-0.2, -0.15) is 0 Å². The van der Waals surface area contributed by atoms with E-state index in [4.69, 9.17) is 0 Å². The van der Waals surface area contributed by atoms with Crippen LogP contribution in [0.15, 0.2) is 40.5 Å². The summed E-state index contributed by atoms with van der Waals surface area (Å²) in [7, 11) is 0. The molecule has 0 saturated heterocycles. The van der Waals surface area contributed by atoms with E-state index in [1.165, 1.54) is 15.5 Å². The molecule has 0 aromatic carbocycles. The van der Waals surface area contributed by atoms with Crippen LogP contribution in [0.1, 0.15) is 10.7 Å². The summed E-state index contributed by atoms with van der Waals surface area (Å²) in [6.07, 6.45) is 0.735. The lowest BCUT2D eigenvalue weighted by molar-refractivity contribution is 0.877. The number of pyridine rings is 1. The largest absolute Gasteiger partial charge is 0.276 e. The minimum Gasteiger partial charge on any atom is -0.276 e. The van der Waals surface area contributed by atoms with Crippen LogP contribution < -0.4 is 5.56 Å². The molecule has 0 saturated carbocycles. The predicted octanol–water partition coefficient (Wildman–Crippen LogP) is 1.67. The molecule has 4 nitrogen and oxygen atoms in total. The Morgan fingerprint density at radius 2 is 2.25 bits per heavy atom. The zero-order valence-corrected chi connectivity index (χ0v) is 9.20. The van der Waals surface area contributed by atoms with Gasteiger partial charge in [-0.3, -0.25) is 9.89 Å². The smallest absolute Gasteiger partial charge is 0.271 e. The standard InChI is InChI=1S/C11H9N3OS/c15-11-5-1-4-10-12-9(13-14(10)11)7-8-3-2-6-16-8/h1-6H,7H2,(H,12,13). The second-order valence-electron chi connectivity index (χ2n) is 3.48. The van der Waals surface area contributed by atoms with Gasteiger partial charge in [0.2, 0.25) is 0 Å². The molecule has 3 rings (SSSR count). The van der Waals surface area contributed by atoms with Crippen LogP contribution in [0.3, 0.4) is 0 Å². The highest BCUT2D eigenvalue weighted by atomic mass is 32.1. The van der Waals surface area contributed by atoms with Gasteiger partial charge >= 0.3 is 0 Å². The SMILES string of the molecule is O=c1cccc2nc(Cc3cccs3)[nH]n12. The normalized spacial score (nSPS) is 11.0. The zero-order valence-electron chi connectivity index (χ0n) is 8.38. The fourth-order valence-electron chi connectivity index (χ4n) is 1.63. The van der Waals surface area contributed by atoms with E-state index < -0.39 is 0 Å². The Morgan fingerprint density at radius 1 is 1.31 bits per heavy atom. The minimum absolute atomic E-state index is 0.0811. The van der Waals surface area contributed by atoms with Crippen molar-refractivity contribution >= 4 is 17.0 Å². The summed E-state index contributed by atoms with van der Waals surface area (Å²) in [4.78, 5) is 17.1. The molecule has 0 aliphatic carbocycles. The Kier molecular flexibility index (Phi) is 2.11. The van der Waals surface area contributed by atoms with Crippen LogP contribution in [0.25, 0.3) is 5.65 Å². The third-order valence-electron chi connectivity index (χ3n) is 2.35. The molecule has 16 heavy (non-hydrogen) atoms. The Labute approximate surface area is 95.2 Å². The number of rotatable bonds is 2. The highest BCUT2D eigenvalue weighted by Gasteiger charge is 2.04. The molecular formula is C11H9N3OS. The summed E-state index contributed by atoms with van der Waals surface area (Å²) in [5, 5.41) is 5.03. The summed E-state index contributed by atoms with van der Waals surface area (Å²) >= 11 is 1.68. The Hall–Kier alpha value is -1.88. The zero-order chi connectivity index (χ0) is 11.0. The van der Waals surface area contributed by atoms with Crippen molar-refractivity contribution in [2.45, 2.75) is 6.42 Å². The number of H-pyrrole nitrogens is 1. The number of hydrogen-bond donors (Lipinski definition) is 1. The van der Waals surface area contributed by atoms with E-state index in [-0.39, 0.29) is 5.56 Å². The number of thiophene rings is 1. The average molecular weight is 231 g/mol. The number of nitrogens with one attached hydrogen (secondary N) is 1. The molecule has 3 aromatic rings. The van der Waals surface area contributed by atoms with Crippen molar-refractivity contribution in [3.05, 3.63) is 56.8 Å². The summed E-state index contributed by atoms with van der Waals surface area (Å²) in [6, 6.07) is 9.11. The first-order valence-electron chi connectivity index (χ1n) is 4.92. The van der Waals surface area contributed by atoms with Gasteiger partial charge in [0.15, 0.2) is 5.65 Å². The van der Waals surface area contributed by atoms with E-state index in [0.717, 1.165) is 12.2 Å². The molecule has 5 heteroatoms. The molecule has 0 amide bonds. The molecule has 0 aliphatic rings. The molecule has 0 atom stereocenters. The maximum absolute atomic E-state index is 11.5. The number of fused-ring (bicyclic) bond motifs is 1. The van der Waals surface area contributed by atoms with E-state index in [9.17, 15) is 4.79 Å². The van der Waals surface area contributed by atoms with Crippen molar-refractivity contribution in [2.24, 2.45) is 0 Å². The number of aromatic nitrogens is 3. The fraction of sp³-hybridized carbons (Fsp3) is 0.0909. The third kappa shape index (κ3) is 1.55. The Morgan fingerprint density at radius 3 is 3.00 bits per heavy atom. The lowest BCUT2D eigenvalue weighted by Crippen LogP contribution is -2.11. The first kappa shape index (κ1) is 9.35. The molecule has 3 heterocycles. The van der Waals surface area contributed by atoms with Crippen molar-refractivity contribution in [2.75, 3.05) is 0 Å². The van der Waals surface area contributed by atoms with Gasteiger partial charge in [0.25, 0.3) is 5.56 Å². The van der Waals surface area contributed by atoms with Crippen molar-refractivity contribution in [1.29, 1.82) is 0 Å². The van der Waals surface area contributed by atoms with Crippen LogP contribution >= 0.6 is 11.3 Å². The lowest BCUT2D eigenvalue weighted by atomic mass is 10.3. The van der Waals surface area contributed by atoms with E-state index in [0.29, 0.717) is 5.65 Å². The second-order valence-corrected chi connectivity index (χ2v) is 4.52. The highest BCUT2D eigenvalue weighted by Crippen LogP contribution is 2.12. The van der Waals surface area contributed by atoms with Crippen LogP contribution in [-0.4, -0.2) is 14.6 Å². The molecule has 0 fully saturated rings. The molecular weight excluding hydrogens is 222 g/mol. The first-order valence-corrected chi connectivity index (χ1v) is 5.80. The molecule has 3 aromatic heterocycles. The van der Waals surface area contributed by atoms with E-state index in [1.54, 1.807) is 17.4 Å². The molecule has 80 valence electrons. The quantitative estimate of drug-likeness (QED) is 0.729. The summed E-state index contributed by atoms with van der Waals surface area (Å²) < 4.78 is 1.46. The predicted molar refractivity (Wildman–Crippen MR) is 62.9 cm³/mol. The molecule has 0 bridgehead atoms. The average Bonchev–Trinajstić information content (AvgIpc) is 2.88. The van der Waals surface area contributed by atoms with Crippen molar-refractivity contribution < 1.29 is 0 Å². The minimum atomic E-state index is -0.0811. The molecule has 0 unspecified atom stereocenters. The van der Waals surface area contributed by atoms with Crippen LogP contribution in [0.5, 0.6) is 0 Å². The molecule has 0 spiro atoms. The van der Waals surface area contributed by atoms with Gasteiger partial charge in [-0.15, -0.1) is 11.3 Å². The van der Waals surface area contributed by atoms with E-state index in [2.05, 4.69) is 16.1 Å². The van der Waals surface area contributed by atoms with Gasteiger partial charge in [-0.25, -0.2) is 9.50 Å². The maximum atomic E-state index is 11.5. The second kappa shape index (κ2) is 3.61. The van der Waals surface area contributed by atoms with Crippen LogP contribution in [0.4, 0.5) is 0 Å². The Bertz CT molecular complexity index is 666. The van der Waals surface area contributed by atoms with Crippen molar-refractivity contribution in [3.8, 4) is 0 Å². The number of hydrogen-bond acceptors (Lipinski definition) is 3. The number of nitrogens with zero attached hydrogens (tertiary/aromatic N) is 2. The summed E-state index contributed by atoms with van der Waals surface area (Å²) in [5.41, 5.74) is 0.585. The lowest BCUT2D eigenvalue weighted by Gasteiger charge is -1.90. The fourth-order valence-corrected chi connectivity index (χ4v) is 2.34. The monoisotopic (exact) mass is 231 g/mol. The molecule has 0 aliphatic heterocycles. The molecule has 0 radical (unpaired) electrons. The van der Waals surface area contributed by atoms with Crippen LogP contribution in [0, 0.1) is 0 Å². The van der Waals surface area contributed by atoms with Crippen molar-refractivity contribution in [1.82, 2.24) is 14.6 Å². The van der Waals surface area contributed by atoms with E-state index >= 15 is 0 Å². The van der Waals surface area contributed by atoms with Gasteiger partial charge in [0, 0.05) is 17.4 Å². The first-order chi connectivity index (χ1) is 7.83. The molecule has 1 N–H and O–H groups in total. The summed E-state index contributed by atoms with van der Waals surface area (Å²) in [5.74, 6) is 0.811. The van der Waals surface area contributed by atoms with Gasteiger partial charge < -0.3 is 0 Å². The van der Waals surface area contributed by atoms with Gasteiger partial charge in [0.1, 0.15) is 5.82 Å². The number of aromatic amines is 1. The summed E-state index contributed by atoms with van der Waals surface area (Å²) in [6.45, 7) is 0. The third-order valence-corrected chi connectivity index (χ3v) is 3.22. The highest BCUT2D eigenvalue weighted by molar-refractivity contribution is 7.09. The van der Waals surface area contributed by atoms with Crippen LogP contribution in [0.2, 0.25) is 0 Å². The topological polar surface area (TPSA) is 50.2 Å².